The number of ether oxygens (including phenoxy) is 4. The molecule has 10 nitrogen and oxygen atoms in total. The Morgan fingerprint density at radius 3 is 2.32 bits per heavy atom. The van der Waals surface area contributed by atoms with Gasteiger partial charge < -0.3 is 18.9 Å². The normalized spacial score (nSPS) is 24.8. The number of hydrogen-bond acceptors (Lipinski definition) is 10. The van der Waals surface area contributed by atoms with Gasteiger partial charge in [-0.15, -0.1) is 0 Å². The summed E-state index contributed by atoms with van der Waals surface area (Å²) in [6.07, 6.45) is -2.38. The number of hydrogen-bond donors (Lipinski definition) is 0. The first kappa shape index (κ1) is 21.8. The molecule has 1 aliphatic heterocycles. The van der Waals surface area contributed by atoms with Crippen molar-refractivity contribution in [3.05, 3.63) is 24.4 Å². The van der Waals surface area contributed by atoms with Crippen molar-refractivity contribution < 1.29 is 41.7 Å². The predicted molar refractivity (Wildman–Crippen MR) is 92.4 cm³/mol. The summed E-state index contributed by atoms with van der Waals surface area (Å²) in [4.78, 5) is 38.0. The standard InChI is InChI=1S/C17H21NO9S/c1-10(19)24-9-14-17(26-12(3)21)13(25-11(2)20)8-16(27-14)28(22,23)15-6-4-5-7-18-15/h4-7,13-14,16-17H,8-9H2,1-3H3/t13-,14-,16?,17-/m1/s1. The third-order valence-corrected chi connectivity index (χ3v) is 5.65. The van der Waals surface area contributed by atoms with Crippen LogP contribution < -0.4 is 0 Å². The Hall–Kier alpha value is -2.53. The van der Waals surface area contributed by atoms with E-state index in [9.17, 15) is 22.8 Å². The first-order valence-electron chi connectivity index (χ1n) is 8.39. The molecule has 1 aliphatic rings. The van der Waals surface area contributed by atoms with E-state index in [1.54, 1.807) is 6.07 Å². The second kappa shape index (κ2) is 9.11. The number of rotatable bonds is 6. The van der Waals surface area contributed by atoms with Crippen molar-refractivity contribution in [1.29, 1.82) is 0 Å². The summed E-state index contributed by atoms with van der Waals surface area (Å²) < 4.78 is 46.6. The van der Waals surface area contributed by atoms with Gasteiger partial charge in [-0.05, 0) is 12.1 Å². The van der Waals surface area contributed by atoms with Crippen LogP contribution in [0.2, 0.25) is 0 Å². The molecule has 1 aromatic heterocycles. The third kappa shape index (κ3) is 5.49. The molecule has 0 saturated carbocycles. The first-order chi connectivity index (χ1) is 13.1. The van der Waals surface area contributed by atoms with Crippen molar-refractivity contribution >= 4 is 27.7 Å². The Kier molecular flexibility index (Phi) is 7.08. The molecule has 4 atom stereocenters. The van der Waals surface area contributed by atoms with Crippen LogP contribution in [0.1, 0.15) is 27.2 Å². The summed E-state index contributed by atoms with van der Waals surface area (Å²) in [6.45, 7) is 3.06. The lowest BCUT2D eigenvalue weighted by Crippen LogP contribution is -2.55. The molecule has 28 heavy (non-hydrogen) atoms. The number of pyridine rings is 1. The molecular formula is C17H21NO9S. The van der Waals surface area contributed by atoms with Crippen LogP contribution in [0.25, 0.3) is 0 Å². The predicted octanol–water partition coefficient (Wildman–Crippen LogP) is 0.397. The molecule has 0 radical (unpaired) electrons. The lowest BCUT2D eigenvalue weighted by Gasteiger charge is -2.39. The van der Waals surface area contributed by atoms with Crippen molar-refractivity contribution in [2.75, 3.05) is 6.61 Å². The average molecular weight is 415 g/mol. The van der Waals surface area contributed by atoms with E-state index in [4.69, 9.17) is 18.9 Å². The van der Waals surface area contributed by atoms with E-state index in [1.165, 1.54) is 18.3 Å². The SMILES string of the molecule is CC(=O)OC[C@H]1OC(S(=O)(=O)c2ccccn2)C[C@@H](OC(C)=O)[C@H]1OC(C)=O. The Morgan fingerprint density at radius 2 is 1.79 bits per heavy atom. The molecule has 0 amide bonds. The summed E-state index contributed by atoms with van der Waals surface area (Å²) in [6, 6.07) is 4.37. The average Bonchev–Trinajstić information content (AvgIpc) is 2.61. The molecule has 11 heteroatoms. The molecule has 0 bridgehead atoms. The Morgan fingerprint density at radius 1 is 1.11 bits per heavy atom. The number of esters is 3. The number of nitrogens with zero attached hydrogens (tertiary/aromatic N) is 1. The molecule has 1 aromatic rings. The van der Waals surface area contributed by atoms with E-state index < -0.39 is 51.5 Å². The number of aromatic nitrogens is 1. The van der Waals surface area contributed by atoms with Gasteiger partial charge >= 0.3 is 17.9 Å². The van der Waals surface area contributed by atoms with Crippen molar-refractivity contribution in [3.63, 3.8) is 0 Å². The second-order valence-electron chi connectivity index (χ2n) is 6.08. The molecule has 0 spiro atoms. The minimum Gasteiger partial charge on any atom is -0.463 e. The van der Waals surface area contributed by atoms with Crippen molar-refractivity contribution in [3.8, 4) is 0 Å². The topological polar surface area (TPSA) is 135 Å². The monoisotopic (exact) mass is 415 g/mol. The highest BCUT2D eigenvalue weighted by atomic mass is 32.2. The van der Waals surface area contributed by atoms with Gasteiger partial charge in [0.05, 0.1) is 0 Å². The van der Waals surface area contributed by atoms with Crippen LogP contribution in [0.15, 0.2) is 29.4 Å². The van der Waals surface area contributed by atoms with Crippen LogP contribution in [0.4, 0.5) is 0 Å². The molecular weight excluding hydrogens is 394 g/mol. The maximum Gasteiger partial charge on any atom is 0.303 e. The Bertz CT molecular complexity index is 824. The summed E-state index contributed by atoms with van der Waals surface area (Å²) >= 11 is 0. The smallest absolute Gasteiger partial charge is 0.303 e. The van der Waals surface area contributed by atoms with E-state index in [0.29, 0.717) is 0 Å². The third-order valence-electron chi connectivity index (χ3n) is 3.83. The van der Waals surface area contributed by atoms with E-state index >= 15 is 0 Å². The number of carbonyl (C=O) groups excluding carboxylic acids is 3. The van der Waals surface area contributed by atoms with Crippen molar-refractivity contribution in [1.82, 2.24) is 4.98 Å². The van der Waals surface area contributed by atoms with Gasteiger partial charge in [-0.3, -0.25) is 14.4 Å². The fraction of sp³-hybridized carbons (Fsp3) is 0.529. The minimum atomic E-state index is -4.06. The number of carbonyl (C=O) groups is 3. The fourth-order valence-corrected chi connectivity index (χ4v) is 4.22. The van der Waals surface area contributed by atoms with Gasteiger partial charge in [0.2, 0.25) is 9.84 Å². The molecule has 154 valence electrons. The highest BCUT2D eigenvalue weighted by Gasteiger charge is 2.48. The first-order valence-corrected chi connectivity index (χ1v) is 9.94. The zero-order valence-electron chi connectivity index (χ0n) is 15.6. The van der Waals surface area contributed by atoms with Crippen LogP contribution >= 0.6 is 0 Å². The molecule has 0 aliphatic carbocycles. The van der Waals surface area contributed by atoms with Crippen LogP contribution in [0, 0.1) is 0 Å². The molecule has 1 saturated heterocycles. The highest BCUT2D eigenvalue weighted by Crippen LogP contribution is 2.31. The van der Waals surface area contributed by atoms with Gasteiger partial charge in [0.15, 0.2) is 16.6 Å². The lowest BCUT2D eigenvalue weighted by atomic mass is 10.0. The molecule has 1 fully saturated rings. The molecule has 2 rings (SSSR count). The van der Waals surface area contributed by atoms with Gasteiger partial charge in [-0.1, -0.05) is 6.07 Å². The maximum atomic E-state index is 12.9. The quantitative estimate of drug-likeness (QED) is 0.474. The van der Waals surface area contributed by atoms with Crippen LogP contribution in [-0.4, -0.2) is 61.7 Å². The van der Waals surface area contributed by atoms with E-state index in [0.717, 1.165) is 20.8 Å². The number of sulfone groups is 1. The molecule has 0 N–H and O–H groups in total. The summed E-state index contributed by atoms with van der Waals surface area (Å²) in [5.74, 6) is -2.02. The van der Waals surface area contributed by atoms with Crippen LogP contribution in [-0.2, 0) is 43.2 Å². The fourth-order valence-electron chi connectivity index (χ4n) is 2.75. The minimum absolute atomic E-state index is 0.223. The summed E-state index contributed by atoms with van der Waals surface area (Å²) in [7, 11) is -4.06. The van der Waals surface area contributed by atoms with Crippen molar-refractivity contribution in [2.24, 2.45) is 0 Å². The van der Waals surface area contributed by atoms with Gasteiger partial charge in [0.25, 0.3) is 0 Å². The Balaban J connectivity index is 2.37. The summed E-state index contributed by atoms with van der Waals surface area (Å²) in [5, 5.41) is -0.223. The summed E-state index contributed by atoms with van der Waals surface area (Å²) in [5.41, 5.74) is -1.45. The van der Waals surface area contributed by atoms with E-state index in [1.807, 2.05) is 0 Å². The lowest BCUT2D eigenvalue weighted by molar-refractivity contribution is -0.205. The van der Waals surface area contributed by atoms with Gasteiger partial charge in [0.1, 0.15) is 18.8 Å². The van der Waals surface area contributed by atoms with Gasteiger partial charge in [-0.25, -0.2) is 13.4 Å². The molecule has 0 aromatic carbocycles. The second-order valence-corrected chi connectivity index (χ2v) is 8.11. The van der Waals surface area contributed by atoms with Crippen LogP contribution in [0.3, 0.4) is 0 Å². The van der Waals surface area contributed by atoms with Crippen LogP contribution in [0.5, 0.6) is 0 Å². The maximum absolute atomic E-state index is 12.9. The Labute approximate surface area is 162 Å². The highest BCUT2D eigenvalue weighted by molar-refractivity contribution is 7.91. The van der Waals surface area contributed by atoms with E-state index in [-0.39, 0.29) is 18.1 Å². The zero-order chi connectivity index (χ0) is 20.9. The van der Waals surface area contributed by atoms with Crippen molar-refractivity contribution in [2.45, 2.75) is 56.0 Å². The molecule has 2 heterocycles. The van der Waals surface area contributed by atoms with E-state index in [2.05, 4.69) is 4.98 Å². The zero-order valence-corrected chi connectivity index (χ0v) is 16.4. The van der Waals surface area contributed by atoms with Gasteiger partial charge in [-0.2, -0.15) is 0 Å². The molecule has 1 unspecified atom stereocenters. The van der Waals surface area contributed by atoms with Gasteiger partial charge in [0, 0.05) is 33.4 Å². The largest absolute Gasteiger partial charge is 0.463 e.